The summed E-state index contributed by atoms with van der Waals surface area (Å²) in [5, 5.41) is 30.3. The molecule has 7 heteroatoms. The van der Waals surface area contributed by atoms with Crippen LogP contribution in [0.15, 0.2) is 18.2 Å². The number of hydrogen-bond acceptors (Lipinski definition) is 4. The highest BCUT2D eigenvalue weighted by atomic mass is 35.5. The van der Waals surface area contributed by atoms with Crippen LogP contribution in [0.2, 0.25) is 5.02 Å². The molecule has 2 N–H and O–H groups in total. The van der Waals surface area contributed by atoms with E-state index in [1.54, 1.807) is 0 Å². The monoisotopic (exact) mass is 279 g/mol. The Kier molecular flexibility index (Phi) is 5.14. The minimum atomic E-state index is -1.36. The number of rotatable bonds is 5. The van der Waals surface area contributed by atoms with E-state index in [1.165, 1.54) is 12.1 Å². The maximum atomic E-state index is 10.8. The average Bonchev–Trinajstić information content (AvgIpc) is 2.28. The lowest BCUT2D eigenvalue weighted by Gasteiger charge is -2.17. The highest BCUT2D eigenvalue weighted by Gasteiger charge is 2.26. The van der Waals surface area contributed by atoms with Crippen LogP contribution in [0.1, 0.15) is 18.1 Å². The molecule has 0 heterocycles. The van der Waals surface area contributed by atoms with Gasteiger partial charge < -0.3 is 10.2 Å². The summed E-state index contributed by atoms with van der Waals surface area (Å²) in [6, 6.07) is 3.87. The normalized spacial score (nSPS) is 14.4. The van der Waals surface area contributed by atoms with Crippen molar-refractivity contribution in [3.63, 3.8) is 0 Å². The topological polar surface area (TPSA) is 83.6 Å². The summed E-state index contributed by atoms with van der Waals surface area (Å²) in [4.78, 5) is 10.1. The van der Waals surface area contributed by atoms with Gasteiger partial charge in [-0.15, -0.1) is 11.6 Å². The van der Waals surface area contributed by atoms with E-state index >= 15 is 0 Å². The molecule has 0 spiro atoms. The van der Waals surface area contributed by atoms with E-state index in [1.807, 2.05) is 0 Å². The number of aliphatic hydroxyl groups excluding tert-OH is 2. The predicted molar refractivity (Wildman–Crippen MR) is 64.4 cm³/mol. The quantitative estimate of drug-likeness (QED) is 0.492. The number of nitro benzene ring substituents is 1. The van der Waals surface area contributed by atoms with Crippen molar-refractivity contribution in [1.82, 2.24) is 0 Å². The zero-order chi connectivity index (χ0) is 13.0. The summed E-state index contributed by atoms with van der Waals surface area (Å²) in [6.45, 7) is 0. The second-order valence-corrected chi connectivity index (χ2v) is 4.26. The lowest BCUT2D eigenvalue weighted by molar-refractivity contribution is -0.386. The van der Waals surface area contributed by atoms with Gasteiger partial charge in [-0.2, -0.15) is 0 Å². The Labute approximate surface area is 108 Å². The van der Waals surface area contributed by atoms with Gasteiger partial charge in [0.15, 0.2) is 0 Å². The fraction of sp³-hybridized carbons (Fsp3) is 0.400. The largest absolute Gasteiger partial charge is 0.390 e. The molecule has 2 atom stereocenters. The third-order valence-corrected chi connectivity index (χ3v) is 2.73. The molecular formula is C10H11Cl2NO4. The van der Waals surface area contributed by atoms with E-state index in [0.29, 0.717) is 0 Å². The molecule has 0 aliphatic rings. The van der Waals surface area contributed by atoms with E-state index in [4.69, 9.17) is 23.2 Å². The zero-order valence-corrected chi connectivity index (χ0v) is 10.2. The van der Waals surface area contributed by atoms with Gasteiger partial charge in [0.2, 0.25) is 0 Å². The molecule has 0 bridgehead atoms. The van der Waals surface area contributed by atoms with Gasteiger partial charge >= 0.3 is 0 Å². The molecule has 0 aromatic heterocycles. The fourth-order valence-electron chi connectivity index (χ4n) is 1.40. The molecule has 1 aromatic carbocycles. The Bertz CT molecular complexity index is 413. The smallest absolute Gasteiger partial charge is 0.276 e. The summed E-state index contributed by atoms with van der Waals surface area (Å²) in [6.07, 6.45) is -2.36. The van der Waals surface area contributed by atoms with Gasteiger partial charge in [0.25, 0.3) is 5.69 Å². The molecule has 0 saturated heterocycles. The molecular weight excluding hydrogens is 269 g/mol. The Morgan fingerprint density at radius 1 is 1.41 bits per heavy atom. The zero-order valence-electron chi connectivity index (χ0n) is 8.72. The fourth-order valence-corrected chi connectivity index (χ4v) is 1.79. The molecule has 5 nitrogen and oxygen atoms in total. The molecule has 2 unspecified atom stereocenters. The molecule has 0 aliphatic heterocycles. The van der Waals surface area contributed by atoms with Crippen LogP contribution in [-0.4, -0.2) is 27.1 Å². The minimum absolute atomic E-state index is 0.0250. The van der Waals surface area contributed by atoms with Crippen LogP contribution in [0.25, 0.3) is 0 Å². The Morgan fingerprint density at radius 3 is 2.59 bits per heavy atom. The number of benzene rings is 1. The maximum Gasteiger partial charge on any atom is 0.276 e. The maximum absolute atomic E-state index is 10.8. The van der Waals surface area contributed by atoms with Crippen LogP contribution < -0.4 is 0 Å². The third kappa shape index (κ3) is 3.54. The van der Waals surface area contributed by atoms with Gasteiger partial charge in [-0.05, 0) is 18.6 Å². The Balaban J connectivity index is 3.08. The molecule has 0 fully saturated rings. The van der Waals surface area contributed by atoms with Gasteiger partial charge in [-0.3, -0.25) is 10.1 Å². The summed E-state index contributed by atoms with van der Waals surface area (Å²) in [5.41, 5.74) is -0.296. The molecule has 17 heavy (non-hydrogen) atoms. The number of nitrogens with zero attached hydrogens (tertiary/aromatic N) is 1. The average molecular weight is 280 g/mol. The van der Waals surface area contributed by atoms with E-state index in [9.17, 15) is 20.3 Å². The van der Waals surface area contributed by atoms with E-state index in [2.05, 4.69) is 0 Å². The summed E-state index contributed by atoms with van der Waals surface area (Å²) >= 11 is 11.1. The molecule has 0 saturated carbocycles. The van der Waals surface area contributed by atoms with Crippen LogP contribution in [0.4, 0.5) is 5.69 Å². The Hall–Kier alpha value is -0.880. The molecule has 94 valence electrons. The second-order valence-electron chi connectivity index (χ2n) is 3.45. The molecule has 0 radical (unpaired) electrons. The lowest BCUT2D eigenvalue weighted by atomic mass is 10.0. The number of nitro groups is 1. The van der Waals surface area contributed by atoms with Crippen LogP contribution >= 0.6 is 23.2 Å². The summed E-state index contributed by atoms with van der Waals surface area (Å²) < 4.78 is 0. The lowest BCUT2D eigenvalue weighted by Crippen LogP contribution is -2.19. The summed E-state index contributed by atoms with van der Waals surface area (Å²) in [5.74, 6) is 0.152. The molecule has 1 rings (SSSR count). The minimum Gasteiger partial charge on any atom is -0.390 e. The number of halogens is 2. The first-order valence-electron chi connectivity index (χ1n) is 4.83. The van der Waals surface area contributed by atoms with Gasteiger partial charge in [-0.25, -0.2) is 0 Å². The first-order chi connectivity index (χ1) is 7.97. The third-order valence-electron chi connectivity index (χ3n) is 2.28. The molecule has 1 aromatic rings. The SMILES string of the molecule is O=[N+]([O-])c1cc(Cl)ccc1C(O)C(O)CCCl. The summed E-state index contributed by atoms with van der Waals surface area (Å²) in [7, 11) is 0. The highest BCUT2D eigenvalue weighted by molar-refractivity contribution is 6.30. The van der Waals surface area contributed by atoms with Gasteiger partial charge in [-0.1, -0.05) is 11.6 Å². The van der Waals surface area contributed by atoms with Gasteiger partial charge in [0.1, 0.15) is 6.10 Å². The Morgan fingerprint density at radius 2 is 2.06 bits per heavy atom. The van der Waals surface area contributed by atoms with Crippen molar-refractivity contribution in [3.8, 4) is 0 Å². The number of alkyl halides is 1. The van der Waals surface area contributed by atoms with E-state index < -0.39 is 17.1 Å². The van der Waals surface area contributed by atoms with Crippen molar-refractivity contribution >= 4 is 28.9 Å². The van der Waals surface area contributed by atoms with Crippen LogP contribution in [0.5, 0.6) is 0 Å². The standard InChI is InChI=1S/C10H11Cl2NO4/c11-4-3-9(14)10(15)7-2-1-6(12)5-8(7)13(16)17/h1-2,5,9-10,14-15H,3-4H2. The van der Waals surface area contributed by atoms with Gasteiger partial charge in [0.05, 0.1) is 16.6 Å². The predicted octanol–water partition coefficient (Wildman–Crippen LogP) is 2.27. The van der Waals surface area contributed by atoms with E-state index in [0.717, 1.165) is 6.07 Å². The van der Waals surface area contributed by atoms with E-state index in [-0.39, 0.29) is 28.6 Å². The van der Waals surface area contributed by atoms with Crippen molar-refractivity contribution < 1.29 is 15.1 Å². The molecule has 0 amide bonds. The van der Waals surface area contributed by atoms with Crippen LogP contribution in [0.3, 0.4) is 0 Å². The van der Waals surface area contributed by atoms with Crippen molar-refractivity contribution in [3.05, 3.63) is 38.9 Å². The van der Waals surface area contributed by atoms with Crippen molar-refractivity contribution in [2.75, 3.05) is 5.88 Å². The highest BCUT2D eigenvalue weighted by Crippen LogP contribution is 2.30. The number of hydrogen-bond donors (Lipinski definition) is 2. The first kappa shape index (κ1) is 14.2. The van der Waals surface area contributed by atoms with Crippen molar-refractivity contribution in [2.45, 2.75) is 18.6 Å². The number of aliphatic hydroxyl groups is 2. The van der Waals surface area contributed by atoms with Gasteiger partial charge in [0, 0.05) is 17.0 Å². The van der Waals surface area contributed by atoms with Crippen molar-refractivity contribution in [2.24, 2.45) is 0 Å². The van der Waals surface area contributed by atoms with Crippen LogP contribution in [0, 0.1) is 10.1 Å². The second kappa shape index (κ2) is 6.16. The van der Waals surface area contributed by atoms with Crippen molar-refractivity contribution in [1.29, 1.82) is 0 Å². The first-order valence-corrected chi connectivity index (χ1v) is 5.74. The van der Waals surface area contributed by atoms with Crippen LogP contribution in [-0.2, 0) is 0 Å². The molecule has 0 aliphatic carbocycles.